The Morgan fingerprint density at radius 1 is 1.26 bits per heavy atom. The summed E-state index contributed by atoms with van der Waals surface area (Å²) < 4.78 is 9.26. The summed E-state index contributed by atoms with van der Waals surface area (Å²) in [6.07, 6.45) is 8.04. The fraction of sp³-hybridized carbons (Fsp3) is 0.250. The molecule has 0 aliphatic carbocycles. The van der Waals surface area contributed by atoms with Crippen LogP contribution < -0.4 is 20.9 Å². The number of nitrogens with zero attached hydrogens (tertiary/aromatic N) is 7. The predicted molar refractivity (Wildman–Crippen MR) is 130 cm³/mol. The summed E-state index contributed by atoms with van der Waals surface area (Å²) in [5.74, 6) is 1.23. The number of allylic oxidation sites excluding steroid dienone is 1. The van der Waals surface area contributed by atoms with Crippen LogP contribution in [0.1, 0.15) is 18.4 Å². The smallest absolute Gasteiger partial charge is 0.278 e. The van der Waals surface area contributed by atoms with E-state index in [-0.39, 0.29) is 24.2 Å². The monoisotopic (exact) mass is 469 g/mol. The minimum atomic E-state index is -0.258. The van der Waals surface area contributed by atoms with E-state index < -0.39 is 0 Å². The molecule has 1 aliphatic rings. The highest BCUT2D eigenvalue weighted by atomic mass is 16.5. The molecule has 1 fully saturated rings. The van der Waals surface area contributed by atoms with Gasteiger partial charge >= 0.3 is 0 Å². The molecule has 176 valence electrons. The van der Waals surface area contributed by atoms with Gasteiger partial charge in [-0.1, -0.05) is 12.1 Å². The van der Waals surface area contributed by atoms with Crippen molar-refractivity contribution < 1.29 is 4.74 Å². The van der Waals surface area contributed by atoms with Crippen molar-refractivity contribution in [2.24, 2.45) is 0 Å². The van der Waals surface area contributed by atoms with Crippen LogP contribution in [0.5, 0.6) is 5.88 Å². The van der Waals surface area contributed by atoms with E-state index in [9.17, 15) is 4.79 Å². The van der Waals surface area contributed by atoms with Gasteiger partial charge in [-0.25, -0.2) is 14.3 Å². The molecule has 0 aromatic carbocycles. The molecule has 11 heteroatoms. The molecule has 0 bridgehead atoms. The molecule has 35 heavy (non-hydrogen) atoms. The highest BCUT2D eigenvalue weighted by Crippen LogP contribution is 2.21. The van der Waals surface area contributed by atoms with Gasteiger partial charge in [0, 0.05) is 18.5 Å². The fourth-order valence-corrected chi connectivity index (χ4v) is 3.98. The highest BCUT2D eigenvalue weighted by Gasteiger charge is 2.20. The van der Waals surface area contributed by atoms with Gasteiger partial charge < -0.3 is 15.4 Å². The van der Waals surface area contributed by atoms with E-state index in [4.69, 9.17) is 10.00 Å². The fourth-order valence-electron chi connectivity index (χ4n) is 3.98. The number of anilines is 2. The van der Waals surface area contributed by atoms with Crippen molar-refractivity contribution in [2.75, 3.05) is 18.4 Å². The molecule has 0 radical (unpaired) electrons. The largest absolute Gasteiger partial charge is 0.474 e. The third-order valence-electron chi connectivity index (χ3n) is 5.60. The molecule has 5 heterocycles. The lowest BCUT2D eigenvalue weighted by Gasteiger charge is -2.23. The Kier molecular flexibility index (Phi) is 6.19. The first kappa shape index (κ1) is 22.2. The van der Waals surface area contributed by atoms with Crippen LogP contribution in [0.15, 0.2) is 60.3 Å². The standard InChI is InChI=1S/C24H23N9O2/c1-2-10-32-23(34)19-15-28-24(29-17-11-16(12-25)13-27-14-17)31-22(19)33(32)20-4-3-5-21(30-20)35-18-6-8-26-9-7-18/h2-5,11,13-15,18,26H,1,6-10H2,(H,28,29,31). The van der Waals surface area contributed by atoms with Crippen LogP contribution in [0.2, 0.25) is 0 Å². The number of pyridine rings is 2. The number of fused-ring (bicyclic) bond motifs is 1. The van der Waals surface area contributed by atoms with Crippen LogP contribution in [-0.4, -0.2) is 48.5 Å². The van der Waals surface area contributed by atoms with Crippen molar-refractivity contribution in [3.63, 3.8) is 0 Å². The molecule has 0 atom stereocenters. The molecule has 0 unspecified atom stereocenters. The Hall–Kier alpha value is -4.56. The Balaban J connectivity index is 1.56. The zero-order chi connectivity index (χ0) is 24.2. The molecule has 0 spiro atoms. The second kappa shape index (κ2) is 9.74. The average Bonchev–Trinajstić information content (AvgIpc) is 3.16. The first-order valence-corrected chi connectivity index (χ1v) is 11.2. The number of aromatic nitrogens is 6. The van der Waals surface area contributed by atoms with E-state index in [1.54, 1.807) is 29.1 Å². The molecule has 2 N–H and O–H groups in total. The van der Waals surface area contributed by atoms with Crippen molar-refractivity contribution in [2.45, 2.75) is 25.5 Å². The van der Waals surface area contributed by atoms with Gasteiger partial charge in [0.15, 0.2) is 11.5 Å². The Bertz CT molecular complexity index is 1480. The molecule has 1 saturated heterocycles. The lowest BCUT2D eigenvalue weighted by atomic mass is 10.1. The van der Waals surface area contributed by atoms with E-state index in [1.165, 1.54) is 17.1 Å². The first-order valence-electron chi connectivity index (χ1n) is 11.2. The maximum Gasteiger partial charge on any atom is 0.278 e. The van der Waals surface area contributed by atoms with E-state index in [0.717, 1.165) is 25.9 Å². The lowest BCUT2D eigenvalue weighted by molar-refractivity contribution is 0.156. The molecule has 11 nitrogen and oxygen atoms in total. The zero-order valence-electron chi connectivity index (χ0n) is 18.9. The van der Waals surface area contributed by atoms with Crippen LogP contribution >= 0.6 is 0 Å². The maximum absolute atomic E-state index is 13.1. The topological polar surface area (TPSA) is 136 Å². The van der Waals surface area contributed by atoms with Crippen LogP contribution in [0.4, 0.5) is 11.6 Å². The highest BCUT2D eigenvalue weighted by molar-refractivity contribution is 5.77. The van der Waals surface area contributed by atoms with Crippen LogP contribution in [-0.2, 0) is 6.54 Å². The summed E-state index contributed by atoms with van der Waals surface area (Å²) in [5.41, 5.74) is 1.08. The molecular formula is C24H23N9O2. The number of nitrogens with one attached hydrogen (secondary N) is 2. The molecule has 4 aromatic rings. The molecule has 4 aromatic heterocycles. The van der Waals surface area contributed by atoms with Gasteiger partial charge in [0.25, 0.3) is 5.56 Å². The van der Waals surface area contributed by atoms with Gasteiger partial charge in [-0.2, -0.15) is 15.2 Å². The van der Waals surface area contributed by atoms with Crippen LogP contribution in [0.3, 0.4) is 0 Å². The van der Waals surface area contributed by atoms with Crippen molar-refractivity contribution in [1.29, 1.82) is 5.26 Å². The SMILES string of the molecule is C=CCn1c(=O)c2cnc(Nc3cncc(C#N)c3)nc2n1-c1cccc(OC2CCNCC2)n1. The summed E-state index contributed by atoms with van der Waals surface area (Å²) in [5, 5.41) is 15.8. The summed E-state index contributed by atoms with van der Waals surface area (Å²) in [4.78, 5) is 30.8. The number of piperidine rings is 1. The van der Waals surface area contributed by atoms with Crippen molar-refractivity contribution in [3.8, 4) is 17.8 Å². The predicted octanol–water partition coefficient (Wildman–Crippen LogP) is 2.30. The number of rotatable bonds is 7. The Morgan fingerprint density at radius 3 is 2.91 bits per heavy atom. The van der Waals surface area contributed by atoms with Crippen molar-refractivity contribution in [3.05, 3.63) is 71.4 Å². The van der Waals surface area contributed by atoms with Crippen LogP contribution in [0.25, 0.3) is 16.9 Å². The first-order chi connectivity index (χ1) is 17.2. The van der Waals surface area contributed by atoms with E-state index in [1.807, 2.05) is 18.2 Å². The summed E-state index contributed by atoms with van der Waals surface area (Å²) >= 11 is 0. The van der Waals surface area contributed by atoms with Gasteiger partial charge in [0.1, 0.15) is 17.6 Å². The molecule has 0 amide bonds. The Morgan fingerprint density at radius 2 is 2.11 bits per heavy atom. The van der Waals surface area contributed by atoms with Crippen molar-refractivity contribution in [1.82, 2.24) is 34.6 Å². The van der Waals surface area contributed by atoms with Gasteiger partial charge in [-0.05, 0) is 38.1 Å². The third-order valence-corrected chi connectivity index (χ3v) is 5.60. The molecule has 5 rings (SSSR count). The molecular weight excluding hydrogens is 446 g/mol. The number of ether oxygens (including phenoxy) is 1. The zero-order valence-corrected chi connectivity index (χ0v) is 18.9. The van der Waals surface area contributed by atoms with E-state index in [2.05, 4.69) is 37.1 Å². The van der Waals surface area contributed by atoms with Crippen LogP contribution in [0, 0.1) is 11.3 Å². The Labute approximate surface area is 200 Å². The summed E-state index contributed by atoms with van der Waals surface area (Å²) in [7, 11) is 0. The second-order valence-corrected chi connectivity index (χ2v) is 8.02. The minimum Gasteiger partial charge on any atom is -0.474 e. The minimum absolute atomic E-state index is 0.0895. The molecule has 0 saturated carbocycles. The van der Waals surface area contributed by atoms with Gasteiger partial charge in [-0.3, -0.25) is 9.78 Å². The third kappa shape index (κ3) is 4.60. The molecule has 1 aliphatic heterocycles. The van der Waals surface area contributed by atoms with Gasteiger partial charge in [0.05, 0.1) is 24.0 Å². The quantitative estimate of drug-likeness (QED) is 0.391. The van der Waals surface area contributed by atoms with E-state index in [0.29, 0.717) is 34.0 Å². The second-order valence-electron chi connectivity index (χ2n) is 8.02. The normalized spacial score (nSPS) is 13.9. The average molecular weight is 470 g/mol. The number of nitriles is 1. The number of hydrogen-bond donors (Lipinski definition) is 2. The maximum atomic E-state index is 13.1. The summed E-state index contributed by atoms with van der Waals surface area (Å²) in [6.45, 7) is 5.85. The van der Waals surface area contributed by atoms with Gasteiger partial charge in [0.2, 0.25) is 11.8 Å². The van der Waals surface area contributed by atoms with E-state index >= 15 is 0 Å². The number of hydrogen-bond acceptors (Lipinski definition) is 9. The summed E-state index contributed by atoms with van der Waals surface area (Å²) in [6, 6.07) is 9.13. The van der Waals surface area contributed by atoms with Crippen molar-refractivity contribution >= 4 is 22.7 Å². The van der Waals surface area contributed by atoms with Gasteiger partial charge in [-0.15, -0.1) is 6.58 Å². The lowest BCUT2D eigenvalue weighted by Crippen LogP contribution is -2.34.